The molecule has 2 heterocycles. The van der Waals surface area contributed by atoms with E-state index in [1.54, 1.807) is 11.1 Å². The molecule has 5 nitrogen and oxygen atoms in total. The summed E-state index contributed by atoms with van der Waals surface area (Å²) in [6, 6.07) is 3.94. The molecule has 1 saturated heterocycles. The Morgan fingerprint density at radius 1 is 1.50 bits per heavy atom. The largest absolute Gasteiger partial charge is 0.444 e. The van der Waals surface area contributed by atoms with Crippen LogP contribution >= 0.6 is 11.6 Å². The molecular formula is C18H28ClN3O2. The first-order chi connectivity index (χ1) is 11.2. The fraction of sp³-hybridized carbons (Fsp3) is 0.667. The van der Waals surface area contributed by atoms with Crippen LogP contribution in [0.15, 0.2) is 18.3 Å². The second-order valence-electron chi connectivity index (χ2n) is 7.56. The highest BCUT2D eigenvalue weighted by atomic mass is 35.5. The standard InChI is InChI=1S/C18H28ClN3O2/c1-18(2,3)24-17(23)21(4)11-14-7-6-10-22(12-14)13-15-8-5-9-20-16(15)19/h5,8-9,14H,6-7,10-13H2,1-4H3. The van der Waals surface area contributed by atoms with Crippen molar-refractivity contribution in [3.05, 3.63) is 29.0 Å². The maximum absolute atomic E-state index is 12.1. The topological polar surface area (TPSA) is 45.7 Å². The van der Waals surface area contributed by atoms with Gasteiger partial charge in [0.1, 0.15) is 10.8 Å². The van der Waals surface area contributed by atoms with E-state index in [2.05, 4.69) is 9.88 Å². The smallest absolute Gasteiger partial charge is 0.410 e. The Bertz CT molecular complexity index is 559. The highest BCUT2D eigenvalue weighted by Gasteiger charge is 2.25. The van der Waals surface area contributed by atoms with Gasteiger partial charge in [0.2, 0.25) is 0 Å². The van der Waals surface area contributed by atoms with Crippen LogP contribution in [0.25, 0.3) is 0 Å². The Morgan fingerprint density at radius 3 is 2.92 bits per heavy atom. The van der Waals surface area contributed by atoms with Crippen LogP contribution in [-0.4, -0.2) is 53.2 Å². The predicted molar refractivity (Wildman–Crippen MR) is 96.1 cm³/mol. The van der Waals surface area contributed by atoms with E-state index in [-0.39, 0.29) is 6.09 Å². The molecule has 1 unspecified atom stereocenters. The average molecular weight is 354 g/mol. The zero-order chi connectivity index (χ0) is 17.7. The number of rotatable bonds is 4. The Hall–Kier alpha value is -1.33. The van der Waals surface area contributed by atoms with Gasteiger partial charge in [0.25, 0.3) is 0 Å². The molecule has 0 spiro atoms. The summed E-state index contributed by atoms with van der Waals surface area (Å²) < 4.78 is 5.43. The Kier molecular flexibility index (Phi) is 6.47. The average Bonchev–Trinajstić information content (AvgIpc) is 2.48. The van der Waals surface area contributed by atoms with Crippen LogP contribution in [0.2, 0.25) is 5.15 Å². The van der Waals surface area contributed by atoms with Crippen molar-refractivity contribution in [1.82, 2.24) is 14.8 Å². The van der Waals surface area contributed by atoms with Crippen LogP contribution in [0.4, 0.5) is 4.79 Å². The van der Waals surface area contributed by atoms with Gasteiger partial charge in [0.05, 0.1) is 0 Å². The molecule has 134 valence electrons. The molecule has 1 amide bonds. The number of hydrogen-bond donors (Lipinski definition) is 0. The second-order valence-corrected chi connectivity index (χ2v) is 7.92. The van der Waals surface area contributed by atoms with Crippen LogP contribution in [0.3, 0.4) is 0 Å². The van der Waals surface area contributed by atoms with Crippen molar-refractivity contribution in [3.63, 3.8) is 0 Å². The first-order valence-electron chi connectivity index (χ1n) is 8.50. The van der Waals surface area contributed by atoms with Crippen LogP contribution < -0.4 is 0 Å². The molecule has 0 N–H and O–H groups in total. The number of amides is 1. The third-order valence-corrected chi connectivity index (χ3v) is 4.41. The summed E-state index contributed by atoms with van der Waals surface area (Å²) in [7, 11) is 1.81. The summed E-state index contributed by atoms with van der Waals surface area (Å²) in [6.45, 7) is 9.19. The first kappa shape index (κ1) is 19.0. The fourth-order valence-corrected chi connectivity index (χ4v) is 3.20. The molecule has 1 aromatic heterocycles. The SMILES string of the molecule is CN(CC1CCCN(Cc2cccnc2Cl)C1)C(=O)OC(C)(C)C. The number of piperidine rings is 1. The van der Waals surface area contributed by atoms with Gasteiger partial charge in [0.15, 0.2) is 0 Å². The Labute approximate surface area is 149 Å². The number of pyridine rings is 1. The predicted octanol–water partition coefficient (Wildman–Crippen LogP) is 3.81. The van der Waals surface area contributed by atoms with Gasteiger partial charge in [-0.1, -0.05) is 17.7 Å². The van der Waals surface area contributed by atoms with Crippen LogP contribution in [0.5, 0.6) is 0 Å². The minimum absolute atomic E-state index is 0.255. The van der Waals surface area contributed by atoms with Crippen molar-refractivity contribution in [2.45, 2.75) is 45.8 Å². The molecule has 0 aliphatic carbocycles. The molecule has 2 rings (SSSR count). The monoisotopic (exact) mass is 353 g/mol. The molecule has 24 heavy (non-hydrogen) atoms. The molecule has 1 aliphatic rings. The van der Waals surface area contributed by atoms with E-state index in [9.17, 15) is 4.79 Å². The van der Waals surface area contributed by atoms with Gasteiger partial charge >= 0.3 is 6.09 Å². The number of carbonyl (C=O) groups is 1. The van der Waals surface area contributed by atoms with E-state index in [0.29, 0.717) is 17.6 Å². The van der Waals surface area contributed by atoms with Crippen molar-refractivity contribution in [2.24, 2.45) is 5.92 Å². The minimum Gasteiger partial charge on any atom is -0.444 e. The zero-order valence-corrected chi connectivity index (χ0v) is 15.8. The quantitative estimate of drug-likeness (QED) is 0.772. The number of halogens is 1. The summed E-state index contributed by atoms with van der Waals surface area (Å²) in [5.41, 5.74) is 0.599. The Balaban J connectivity index is 1.86. The number of aromatic nitrogens is 1. The van der Waals surface area contributed by atoms with Crippen LogP contribution in [-0.2, 0) is 11.3 Å². The molecule has 1 aromatic rings. The molecule has 1 fully saturated rings. The fourth-order valence-electron chi connectivity index (χ4n) is 3.02. The lowest BCUT2D eigenvalue weighted by atomic mass is 9.97. The Morgan fingerprint density at radius 2 is 2.25 bits per heavy atom. The zero-order valence-electron chi connectivity index (χ0n) is 15.1. The number of ether oxygens (including phenoxy) is 1. The third kappa shape index (κ3) is 5.95. The summed E-state index contributed by atoms with van der Waals surface area (Å²) in [5, 5.41) is 0.575. The number of likely N-dealkylation sites (tertiary alicyclic amines) is 1. The van der Waals surface area contributed by atoms with E-state index in [1.807, 2.05) is 40.0 Å². The van der Waals surface area contributed by atoms with E-state index in [4.69, 9.17) is 16.3 Å². The van der Waals surface area contributed by atoms with Crippen molar-refractivity contribution < 1.29 is 9.53 Å². The normalized spacial score (nSPS) is 19.1. The van der Waals surface area contributed by atoms with Gasteiger partial charge in [-0.3, -0.25) is 4.90 Å². The second kappa shape index (κ2) is 8.17. The maximum Gasteiger partial charge on any atom is 0.410 e. The molecule has 1 atom stereocenters. The van der Waals surface area contributed by atoms with Crippen molar-refractivity contribution in [2.75, 3.05) is 26.7 Å². The lowest BCUT2D eigenvalue weighted by molar-refractivity contribution is 0.0241. The maximum atomic E-state index is 12.1. The van der Waals surface area contributed by atoms with Gasteiger partial charge in [-0.05, 0) is 52.1 Å². The third-order valence-electron chi connectivity index (χ3n) is 4.07. The number of hydrogen-bond acceptors (Lipinski definition) is 4. The summed E-state index contributed by atoms with van der Waals surface area (Å²) in [4.78, 5) is 20.3. The van der Waals surface area contributed by atoms with Gasteiger partial charge in [0, 0.05) is 38.4 Å². The molecule has 0 saturated carbocycles. The lowest BCUT2D eigenvalue weighted by Crippen LogP contribution is -2.42. The lowest BCUT2D eigenvalue weighted by Gasteiger charge is -2.35. The summed E-state index contributed by atoms with van der Waals surface area (Å²) in [6.07, 6.45) is 3.71. The van der Waals surface area contributed by atoms with Gasteiger partial charge in [-0.2, -0.15) is 0 Å². The van der Waals surface area contributed by atoms with Crippen LogP contribution in [0.1, 0.15) is 39.2 Å². The molecule has 1 aliphatic heterocycles. The van der Waals surface area contributed by atoms with E-state index in [0.717, 1.165) is 38.0 Å². The highest BCUT2D eigenvalue weighted by molar-refractivity contribution is 6.30. The van der Waals surface area contributed by atoms with Crippen LogP contribution in [0, 0.1) is 5.92 Å². The molecule has 0 aromatic carbocycles. The van der Waals surface area contributed by atoms with E-state index < -0.39 is 5.60 Å². The van der Waals surface area contributed by atoms with E-state index in [1.165, 1.54) is 0 Å². The summed E-state index contributed by atoms with van der Waals surface area (Å²) >= 11 is 6.16. The van der Waals surface area contributed by atoms with Gasteiger partial charge in [-0.15, -0.1) is 0 Å². The van der Waals surface area contributed by atoms with Crippen molar-refractivity contribution >= 4 is 17.7 Å². The number of nitrogens with zero attached hydrogens (tertiary/aromatic N) is 3. The van der Waals surface area contributed by atoms with Gasteiger partial charge in [-0.25, -0.2) is 9.78 Å². The molecule has 0 bridgehead atoms. The highest BCUT2D eigenvalue weighted by Crippen LogP contribution is 2.22. The minimum atomic E-state index is -0.457. The molecule has 0 radical (unpaired) electrons. The van der Waals surface area contributed by atoms with Crippen molar-refractivity contribution in [3.8, 4) is 0 Å². The van der Waals surface area contributed by atoms with E-state index >= 15 is 0 Å². The molecular weight excluding hydrogens is 326 g/mol. The first-order valence-corrected chi connectivity index (χ1v) is 8.88. The van der Waals surface area contributed by atoms with Gasteiger partial charge < -0.3 is 9.64 Å². The summed E-state index contributed by atoms with van der Waals surface area (Å²) in [5.74, 6) is 0.451. The molecule has 6 heteroatoms. The number of carbonyl (C=O) groups excluding carboxylic acids is 1. The van der Waals surface area contributed by atoms with Crippen molar-refractivity contribution in [1.29, 1.82) is 0 Å².